The Morgan fingerprint density at radius 1 is 1.29 bits per heavy atom. The van der Waals surface area contributed by atoms with Crippen LogP contribution in [0.3, 0.4) is 0 Å². The minimum atomic E-state index is -0.0212. The lowest BCUT2D eigenvalue weighted by Gasteiger charge is -2.32. The standard InChI is InChI=1S/C13H22O/c1-8(2)10-9-6-7-13(5,11(10)14)12(9,3)4/h8-10H,6-7H2,1-5H3. The molecule has 0 saturated heterocycles. The Hall–Kier alpha value is -0.330. The van der Waals surface area contributed by atoms with E-state index in [4.69, 9.17) is 0 Å². The van der Waals surface area contributed by atoms with Crippen molar-refractivity contribution in [3.05, 3.63) is 0 Å². The van der Waals surface area contributed by atoms with Crippen LogP contribution in [0.4, 0.5) is 0 Å². The smallest absolute Gasteiger partial charge is 0.142 e. The molecule has 2 saturated carbocycles. The summed E-state index contributed by atoms with van der Waals surface area (Å²) in [5.74, 6) is 2.05. The van der Waals surface area contributed by atoms with Gasteiger partial charge in [0.15, 0.2) is 0 Å². The Bertz CT molecular complexity index is 277. The van der Waals surface area contributed by atoms with Crippen molar-refractivity contribution in [1.82, 2.24) is 0 Å². The second kappa shape index (κ2) is 2.62. The van der Waals surface area contributed by atoms with E-state index in [1.807, 2.05) is 0 Å². The van der Waals surface area contributed by atoms with E-state index in [1.165, 1.54) is 6.42 Å². The highest BCUT2D eigenvalue weighted by Gasteiger charge is 2.66. The summed E-state index contributed by atoms with van der Waals surface area (Å²) < 4.78 is 0. The SMILES string of the molecule is CC(C)C1C(=O)C2(C)CCC1C2(C)C. The Labute approximate surface area is 87.3 Å². The lowest BCUT2D eigenvalue weighted by molar-refractivity contribution is -0.132. The maximum Gasteiger partial charge on any atom is 0.142 e. The maximum atomic E-state index is 12.3. The van der Waals surface area contributed by atoms with Crippen LogP contribution >= 0.6 is 0 Å². The number of fused-ring (bicyclic) bond motifs is 2. The van der Waals surface area contributed by atoms with Crippen LogP contribution in [-0.2, 0) is 4.79 Å². The summed E-state index contributed by atoms with van der Waals surface area (Å²) in [6.45, 7) is 11.2. The van der Waals surface area contributed by atoms with Crippen molar-refractivity contribution < 1.29 is 4.79 Å². The summed E-state index contributed by atoms with van der Waals surface area (Å²) in [5, 5.41) is 0. The third-order valence-corrected chi connectivity index (χ3v) is 5.30. The first kappa shape index (κ1) is 10.2. The fraction of sp³-hybridized carbons (Fsp3) is 0.923. The van der Waals surface area contributed by atoms with Gasteiger partial charge in [-0.25, -0.2) is 0 Å². The van der Waals surface area contributed by atoms with Crippen LogP contribution in [-0.4, -0.2) is 5.78 Å². The van der Waals surface area contributed by atoms with Gasteiger partial charge in [-0.15, -0.1) is 0 Å². The first-order chi connectivity index (χ1) is 6.32. The Morgan fingerprint density at radius 2 is 1.86 bits per heavy atom. The Kier molecular flexibility index (Phi) is 1.91. The summed E-state index contributed by atoms with van der Waals surface area (Å²) in [4.78, 5) is 12.3. The zero-order chi connectivity index (χ0) is 10.7. The van der Waals surface area contributed by atoms with Crippen LogP contribution in [0.2, 0.25) is 0 Å². The molecule has 0 amide bonds. The van der Waals surface area contributed by atoms with Crippen molar-refractivity contribution in [3.63, 3.8) is 0 Å². The van der Waals surface area contributed by atoms with Crippen LogP contribution in [0.5, 0.6) is 0 Å². The molecule has 0 heterocycles. The Morgan fingerprint density at radius 3 is 2.14 bits per heavy atom. The monoisotopic (exact) mass is 194 g/mol. The molecule has 2 fully saturated rings. The molecule has 1 nitrogen and oxygen atoms in total. The van der Waals surface area contributed by atoms with E-state index in [9.17, 15) is 4.79 Å². The Balaban J connectivity index is 2.44. The summed E-state index contributed by atoms with van der Waals surface area (Å²) in [6, 6.07) is 0. The lowest BCUT2D eigenvalue weighted by atomic mass is 9.70. The first-order valence-corrected chi connectivity index (χ1v) is 5.86. The van der Waals surface area contributed by atoms with Crippen molar-refractivity contribution in [2.75, 3.05) is 0 Å². The fourth-order valence-corrected chi connectivity index (χ4v) is 3.92. The highest BCUT2D eigenvalue weighted by atomic mass is 16.1. The summed E-state index contributed by atoms with van der Waals surface area (Å²) in [6.07, 6.45) is 2.38. The molecule has 2 rings (SSSR count). The van der Waals surface area contributed by atoms with Crippen LogP contribution in [0.15, 0.2) is 0 Å². The average Bonchev–Trinajstić information content (AvgIpc) is 2.35. The maximum absolute atomic E-state index is 12.3. The molecule has 3 unspecified atom stereocenters. The van der Waals surface area contributed by atoms with Crippen molar-refractivity contribution in [3.8, 4) is 0 Å². The lowest BCUT2D eigenvalue weighted by Crippen LogP contribution is -2.34. The third-order valence-electron chi connectivity index (χ3n) is 5.30. The van der Waals surface area contributed by atoms with Gasteiger partial charge in [-0.1, -0.05) is 34.6 Å². The molecule has 1 heteroatoms. The number of carbonyl (C=O) groups excluding carboxylic acids is 1. The molecule has 0 aromatic heterocycles. The molecular weight excluding hydrogens is 172 g/mol. The number of ketones is 1. The first-order valence-electron chi connectivity index (χ1n) is 5.86. The zero-order valence-electron chi connectivity index (χ0n) is 10.1. The van der Waals surface area contributed by atoms with Gasteiger partial charge in [-0.3, -0.25) is 4.79 Å². The van der Waals surface area contributed by atoms with E-state index in [2.05, 4.69) is 34.6 Å². The number of carbonyl (C=O) groups is 1. The number of Topliss-reactive ketones (excluding diaryl/α,β-unsaturated/α-hetero) is 1. The summed E-state index contributed by atoms with van der Waals surface area (Å²) >= 11 is 0. The summed E-state index contributed by atoms with van der Waals surface area (Å²) in [5.41, 5.74) is 0.214. The van der Waals surface area contributed by atoms with Crippen molar-refractivity contribution in [1.29, 1.82) is 0 Å². The molecule has 0 spiro atoms. The van der Waals surface area contributed by atoms with Crippen molar-refractivity contribution in [2.24, 2.45) is 28.6 Å². The normalized spacial score (nSPS) is 45.1. The molecule has 0 N–H and O–H groups in total. The predicted molar refractivity (Wildman–Crippen MR) is 57.9 cm³/mol. The van der Waals surface area contributed by atoms with Gasteiger partial charge in [-0.05, 0) is 30.1 Å². The second-order valence-electron chi connectivity index (χ2n) is 6.33. The van der Waals surface area contributed by atoms with Crippen LogP contribution < -0.4 is 0 Å². The molecule has 0 aromatic carbocycles. The van der Waals surface area contributed by atoms with Gasteiger partial charge < -0.3 is 0 Å². The van der Waals surface area contributed by atoms with Crippen molar-refractivity contribution in [2.45, 2.75) is 47.5 Å². The van der Waals surface area contributed by atoms with Gasteiger partial charge in [-0.2, -0.15) is 0 Å². The minimum Gasteiger partial charge on any atom is -0.299 e. The molecule has 80 valence electrons. The molecule has 14 heavy (non-hydrogen) atoms. The number of hydrogen-bond acceptors (Lipinski definition) is 1. The largest absolute Gasteiger partial charge is 0.299 e. The van der Waals surface area contributed by atoms with E-state index in [0.29, 0.717) is 23.5 Å². The fourth-order valence-electron chi connectivity index (χ4n) is 3.92. The van der Waals surface area contributed by atoms with Gasteiger partial charge in [0.1, 0.15) is 5.78 Å². The van der Waals surface area contributed by atoms with Crippen LogP contribution in [0, 0.1) is 28.6 Å². The zero-order valence-corrected chi connectivity index (χ0v) is 10.1. The van der Waals surface area contributed by atoms with E-state index < -0.39 is 0 Å². The predicted octanol–water partition coefficient (Wildman–Crippen LogP) is 3.28. The van der Waals surface area contributed by atoms with Gasteiger partial charge in [0.05, 0.1) is 0 Å². The van der Waals surface area contributed by atoms with E-state index in [-0.39, 0.29) is 10.8 Å². The quantitative estimate of drug-likeness (QED) is 0.626. The topological polar surface area (TPSA) is 17.1 Å². The summed E-state index contributed by atoms with van der Waals surface area (Å²) in [7, 11) is 0. The third kappa shape index (κ3) is 0.888. The molecule has 2 bridgehead atoms. The second-order valence-corrected chi connectivity index (χ2v) is 6.33. The van der Waals surface area contributed by atoms with E-state index >= 15 is 0 Å². The van der Waals surface area contributed by atoms with Crippen LogP contribution in [0.25, 0.3) is 0 Å². The number of rotatable bonds is 1. The molecule has 3 atom stereocenters. The van der Waals surface area contributed by atoms with Crippen molar-refractivity contribution >= 4 is 5.78 Å². The van der Waals surface area contributed by atoms with Gasteiger partial charge in [0.25, 0.3) is 0 Å². The molecule has 0 aromatic rings. The van der Waals surface area contributed by atoms with Gasteiger partial charge in [0.2, 0.25) is 0 Å². The molecule has 2 aliphatic carbocycles. The van der Waals surface area contributed by atoms with E-state index in [0.717, 1.165) is 6.42 Å². The van der Waals surface area contributed by atoms with Crippen LogP contribution in [0.1, 0.15) is 47.5 Å². The number of hydrogen-bond donors (Lipinski definition) is 0. The van der Waals surface area contributed by atoms with E-state index in [1.54, 1.807) is 0 Å². The molecular formula is C13H22O. The molecule has 0 aliphatic heterocycles. The van der Waals surface area contributed by atoms with Gasteiger partial charge >= 0.3 is 0 Å². The minimum absolute atomic E-state index is 0.0212. The highest BCUT2D eigenvalue weighted by molar-refractivity contribution is 5.91. The molecule has 0 radical (unpaired) electrons. The molecule has 2 aliphatic rings. The van der Waals surface area contributed by atoms with Gasteiger partial charge in [0, 0.05) is 11.3 Å². The highest BCUT2D eigenvalue weighted by Crippen LogP contribution is 2.66. The average molecular weight is 194 g/mol.